The van der Waals surface area contributed by atoms with E-state index in [9.17, 15) is 14.4 Å². The number of aryl methyl sites for hydroxylation is 2. The SMILES string of the molecule is CCCCn1c(=O)[nH]c(=O)c2c1nc(CSc1nc3ccsc3c(=O)n1CC)n2CC. The molecule has 164 valence electrons. The van der Waals surface area contributed by atoms with Crippen molar-refractivity contribution in [2.45, 2.75) is 64.2 Å². The van der Waals surface area contributed by atoms with Crippen molar-refractivity contribution in [1.82, 2.24) is 28.7 Å². The van der Waals surface area contributed by atoms with E-state index in [1.54, 1.807) is 4.57 Å². The van der Waals surface area contributed by atoms with Crippen LogP contribution in [-0.4, -0.2) is 28.7 Å². The maximum atomic E-state index is 12.8. The summed E-state index contributed by atoms with van der Waals surface area (Å²) in [5.74, 6) is 1.10. The fourth-order valence-corrected chi connectivity index (χ4v) is 5.42. The molecule has 31 heavy (non-hydrogen) atoms. The molecule has 0 saturated carbocycles. The Morgan fingerprint density at radius 2 is 1.84 bits per heavy atom. The van der Waals surface area contributed by atoms with Gasteiger partial charge in [0.1, 0.15) is 10.5 Å². The standard InChI is InChI=1S/C20H24N6O3S2/c1-4-7-9-26-16-14(17(27)23-19(26)29)24(5-2)13(22-16)11-31-20-21-12-8-10-30-15(12)18(28)25(20)6-3/h8,10H,4-7,9,11H2,1-3H3,(H,23,27,29). The number of thiophene rings is 1. The second kappa shape index (κ2) is 8.83. The normalized spacial score (nSPS) is 11.7. The summed E-state index contributed by atoms with van der Waals surface area (Å²) < 4.78 is 5.68. The van der Waals surface area contributed by atoms with Gasteiger partial charge in [-0.15, -0.1) is 11.3 Å². The van der Waals surface area contributed by atoms with Crippen molar-refractivity contribution in [3.8, 4) is 0 Å². The molecule has 4 aromatic rings. The topological polar surface area (TPSA) is 108 Å². The van der Waals surface area contributed by atoms with Crippen LogP contribution in [0.4, 0.5) is 0 Å². The molecular weight excluding hydrogens is 436 g/mol. The Morgan fingerprint density at radius 3 is 2.55 bits per heavy atom. The van der Waals surface area contributed by atoms with E-state index in [2.05, 4.69) is 15.0 Å². The Hall–Kier alpha value is -2.66. The number of rotatable bonds is 8. The molecule has 0 atom stereocenters. The van der Waals surface area contributed by atoms with Gasteiger partial charge in [0.2, 0.25) is 0 Å². The quantitative estimate of drug-likeness (QED) is 0.320. The van der Waals surface area contributed by atoms with Crippen LogP contribution in [-0.2, 0) is 25.4 Å². The third-order valence-electron chi connectivity index (χ3n) is 5.19. The van der Waals surface area contributed by atoms with Crippen molar-refractivity contribution in [2.75, 3.05) is 0 Å². The van der Waals surface area contributed by atoms with Gasteiger partial charge in [0.05, 0.1) is 11.3 Å². The van der Waals surface area contributed by atoms with E-state index in [0.29, 0.717) is 57.7 Å². The number of thioether (sulfide) groups is 1. The molecule has 0 fully saturated rings. The van der Waals surface area contributed by atoms with Crippen molar-refractivity contribution in [1.29, 1.82) is 0 Å². The summed E-state index contributed by atoms with van der Waals surface area (Å²) >= 11 is 2.80. The van der Waals surface area contributed by atoms with Crippen LogP contribution in [0.3, 0.4) is 0 Å². The number of H-pyrrole nitrogens is 1. The van der Waals surface area contributed by atoms with Crippen LogP contribution in [0.15, 0.2) is 31.0 Å². The van der Waals surface area contributed by atoms with Crippen LogP contribution in [0, 0.1) is 0 Å². The summed E-state index contributed by atoms with van der Waals surface area (Å²) in [4.78, 5) is 49.5. The third kappa shape index (κ3) is 3.76. The number of hydrogen-bond acceptors (Lipinski definition) is 7. The third-order valence-corrected chi connectivity index (χ3v) is 7.06. The van der Waals surface area contributed by atoms with Gasteiger partial charge in [-0.3, -0.25) is 23.7 Å². The van der Waals surface area contributed by atoms with Gasteiger partial charge in [-0.2, -0.15) is 0 Å². The summed E-state index contributed by atoms with van der Waals surface area (Å²) in [6, 6.07) is 1.85. The monoisotopic (exact) mass is 460 g/mol. The van der Waals surface area contributed by atoms with E-state index >= 15 is 0 Å². The molecule has 0 spiro atoms. The average molecular weight is 461 g/mol. The van der Waals surface area contributed by atoms with E-state index in [-0.39, 0.29) is 5.56 Å². The van der Waals surface area contributed by atoms with Gasteiger partial charge in [-0.05, 0) is 31.7 Å². The summed E-state index contributed by atoms with van der Waals surface area (Å²) in [6.07, 6.45) is 1.74. The Bertz CT molecular complexity index is 1430. The van der Waals surface area contributed by atoms with Crippen LogP contribution in [0.2, 0.25) is 0 Å². The summed E-state index contributed by atoms with van der Waals surface area (Å²) in [6.45, 7) is 7.46. The maximum absolute atomic E-state index is 12.8. The van der Waals surface area contributed by atoms with Gasteiger partial charge in [0.25, 0.3) is 11.1 Å². The van der Waals surface area contributed by atoms with Crippen LogP contribution in [0.5, 0.6) is 0 Å². The summed E-state index contributed by atoms with van der Waals surface area (Å²) in [5.41, 5.74) is 0.600. The van der Waals surface area contributed by atoms with Crippen molar-refractivity contribution < 1.29 is 0 Å². The number of imidazole rings is 1. The second-order valence-corrected chi connectivity index (χ2v) is 8.94. The zero-order chi connectivity index (χ0) is 22.1. The number of nitrogens with one attached hydrogen (secondary N) is 1. The van der Waals surface area contributed by atoms with Crippen molar-refractivity contribution in [3.05, 3.63) is 48.5 Å². The molecule has 0 aromatic carbocycles. The minimum atomic E-state index is -0.435. The molecule has 9 nitrogen and oxygen atoms in total. The minimum absolute atomic E-state index is 0.0427. The largest absolute Gasteiger partial charge is 0.330 e. The van der Waals surface area contributed by atoms with Gasteiger partial charge in [-0.25, -0.2) is 14.8 Å². The lowest BCUT2D eigenvalue weighted by molar-refractivity contribution is 0.613. The van der Waals surface area contributed by atoms with Gasteiger partial charge < -0.3 is 4.57 Å². The van der Waals surface area contributed by atoms with Gasteiger partial charge in [0.15, 0.2) is 16.3 Å². The zero-order valence-corrected chi connectivity index (χ0v) is 19.3. The second-order valence-electron chi connectivity index (χ2n) is 7.08. The van der Waals surface area contributed by atoms with Crippen LogP contribution in [0.1, 0.15) is 39.4 Å². The molecule has 0 aliphatic heterocycles. The highest BCUT2D eigenvalue weighted by atomic mass is 32.2. The first kappa shape index (κ1) is 21.6. The van der Waals surface area contributed by atoms with Crippen LogP contribution < -0.4 is 16.8 Å². The highest BCUT2D eigenvalue weighted by Gasteiger charge is 2.19. The van der Waals surface area contributed by atoms with Crippen LogP contribution >= 0.6 is 23.1 Å². The first-order chi connectivity index (χ1) is 15.0. The van der Waals surface area contributed by atoms with E-state index in [4.69, 9.17) is 0 Å². The lowest BCUT2D eigenvalue weighted by atomic mass is 10.3. The molecule has 0 saturated heterocycles. The molecule has 0 amide bonds. The Kier molecular flexibility index (Phi) is 6.15. The Morgan fingerprint density at radius 1 is 1.06 bits per heavy atom. The molecule has 0 unspecified atom stereocenters. The first-order valence-electron chi connectivity index (χ1n) is 10.3. The molecule has 4 rings (SSSR count). The minimum Gasteiger partial charge on any atom is -0.322 e. The number of aromatic nitrogens is 6. The van der Waals surface area contributed by atoms with E-state index in [1.807, 2.05) is 36.8 Å². The molecule has 11 heteroatoms. The van der Waals surface area contributed by atoms with Gasteiger partial charge in [-0.1, -0.05) is 25.1 Å². The zero-order valence-electron chi connectivity index (χ0n) is 17.7. The predicted octanol–water partition coefficient (Wildman–Crippen LogP) is 2.79. The molecule has 0 radical (unpaired) electrons. The number of fused-ring (bicyclic) bond motifs is 2. The highest BCUT2D eigenvalue weighted by molar-refractivity contribution is 7.98. The van der Waals surface area contributed by atoms with Gasteiger partial charge >= 0.3 is 5.69 Å². The fourth-order valence-electron chi connectivity index (χ4n) is 3.63. The number of hydrogen-bond donors (Lipinski definition) is 1. The lowest BCUT2D eigenvalue weighted by Gasteiger charge is -2.10. The number of unbranched alkanes of at least 4 members (excludes halogenated alkanes) is 1. The van der Waals surface area contributed by atoms with Crippen molar-refractivity contribution in [2.24, 2.45) is 0 Å². The summed E-state index contributed by atoms with van der Waals surface area (Å²) in [5, 5.41) is 2.48. The van der Waals surface area contributed by atoms with E-state index in [0.717, 1.165) is 12.8 Å². The smallest absolute Gasteiger partial charge is 0.322 e. The Labute approximate surface area is 185 Å². The first-order valence-corrected chi connectivity index (χ1v) is 12.2. The Balaban J connectivity index is 1.78. The molecule has 4 heterocycles. The van der Waals surface area contributed by atoms with Crippen molar-refractivity contribution >= 4 is 44.5 Å². The number of aromatic amines is 1. The lowest BCUT2D eigenvalue weighted by Crippen LogP contribution is -2.31. The van der Waals surface area contributed by atoms with E-state index in [1.165, 1.54) is 27.7 Å². The maximum Gasteiger partial charge on any atom is 0.330 e. The molecule has 0 bridgehead atoms. The molecular formula is C20H24N6O3S2. The fraction of sp³-hybridized carbons (Fsp3) is 0.450. The van der Waals surface area contributed by atoms with Crippen molar-refractivity contribution in [3.63, 3.8) is 0 Å². The summed E-state index contributed by atoms with van der Waals surface area (Å²) in [7, 11) is 0. The molecule has 1 N–H and O–H groups in total. The number of nitrogens with zero attached hydrogens (tertiary/aromatic N) is 5. The molecule has 0 aliphatic rings. The van der Waals surface area contributed by atoms with Crippen LogP contribution in [0.25, 0.3) is 21.4 Å². The molecule has 0 aliphatic carbocycles. The predicted molar refractivity (Wildman–Crippen MR) is 124 cm³/mol. The van der Waals surface area contributed by atoms with E-state index < -0.39 is 11.2 Å². The average Bonchev–Trinajstić information content (AvgIpc) is 3.37. The highest BCUT2D eigenvalue weighted by Crippen LogP contribution is 2.25. The molecule has 4 aromatic heterocycles. The van der Waals surface area contributed by atoms with Gasteiger partial charge in [0, 0.05) is 19.6 Å².